The van der Waals surface area contributed by atoms with Gasteiger partial charge in [0.05, 0.1) is 0 Å². The molecule has 0 atom stereocenters. The average molecular weight is 302 g/mol. The second kappa shape index (κ2) is 9.46. The van der Waals surface area contributed by atoms with E-state index in [1.807, 2.05) is 0 Å². The van der Waals surface area contributed by atoms with Crippen molar-refractivity contribution in [2.45, 2.75) is 45.4 Å². The molecule has 0 aromatic heterocycles. The summed E-state index contributed by atoms with van der Waals surface area (Å²) in [4.78, 5) is 6.99. The van der Waals surface area contributed by atoms with Crippen LogP contribution in [0.5, 0.6) is 0 Å². The third-order valence-electron chi connectivity index (χ3n) is 4.25. The van der Waals surface area contributed by atoms with Crippen LogP contribution in [-0.2, 0) is 6.42 Å². The van der Waals surface area contributed by atoms with Crippen LogP contribution in [0.25, 0.3) is 0 Å². The number of anilines is 1. The molecule has 4 heteroatoms. The number of nitrogens with one attached hydrogen (secondary N) is 1. The summed E-state index contributed by atoms with van der Waals surface area (Å²) < 4.78 is 0. The molecule has 0 amide bonds. The fourth-order valence-corrected chi connectivity index (χ4v) is 2.86. The first-order chi connectivity index (χ1) is 10.8. The van der Waals surface area contributed by atoms with Gasteiger partial charge in [0.2, 0.25) is 0 Å². The topological polar surface area (TPSA) is 53.6 Å². The van der Waals surface area contributed by atoms with Crippen LogP contribution in [0.1, 0.15) is 44.6 Å². The van der Waals surface area contributed by atoms with E-state index in [1.54, 1.807) is 0 Å². The molecule has 122 valence electrons. The van der Waals surface area contributed by atoms with Crippen molar-refractivity contribution >= 4 is 11.6 Å². The van der Waals surface area contributed by atoms with Crippen molar-refractivity contribution in [2.24, 2.45) is 10.7 Å². The van der Waals surface area contributed by atoms with E-state index in [1.165, 1.54) is 44.3 Å². The monoisotopic (exact) mass is 302 g/mol. The molecule has 1 aliphatic rings. The van der Waals surface area contributed by atoms with Gasteiger partial charge in [-0.25, -0.2) is 0 Å². The Hall–Kier alpha value is -1.55. The molecular weight excluding hydrogens is 272 g/mol. The third kappa shape index (κ3) is 6.06. The molecule has 4 nitrogen and oxygen atoms in total. The van der Waals surface area contributed by atoms with Crippen LogP contribution in [0.15, 0.2) is 29.3 Å². The lowest BCUT2D eigenvalue weighted by Crippen LogP contribution is -2.27. The predicted octanol–water partition coefficient (Wildman–Crippen LogP) is 3.24. The lowest BCUT2D eigenvalue weighted by atomic mass is 10.1. The summed E-state index contributed by atoms with van der Waals surface area (Å²) in [6.45, 7) is 6.59. The van der Waals surface area contributed by atoms with E-state index in [2.05, 4.69) is 46.4 Å². The van der Waals surface area contributed by atoms with Gasteiger partial charge in [-0.05, 0) is 63.0 Å². The van der Waals surface area contributed by atoms with Gasteiger partial charge in [0.1, 0.15) is 0 Å². The van der Waals surface area contributed by atoms with E-state index in [0.717, 1.165) is 31.6 Å². The standard InChI is InChI=1S/C18H30N4/c1-2-16-8-10-17(11-9-16)21-18(19)20-12-7-15-22-13-5-3-4-6-14-22/h8-11H,2-7,12-15H2,1H3,(H3,19,20,21). The number of hydrogen-bond acceptors (Lipinski definition) is 2. The van der Waals surface area contributed by atoms with E-state index in [4.69, 9.17) is 5.73 Å². The van der Waals surface area contributed by atoms with Crippen LogP contribution < -0.4 is 11.1 Å². The normalized spacial score (nSPS) is 17.2. The summed E-state index contributed by atoms with van der Waals surface area (Å²) in [5, 5.41) is 3.16. The van der Waals surface area contributed by atoms with E-state index in [0.29, 0.717) is 5.96 Å². The number of likely N-dealkylation sites (tertiary alicyclic amines) is 1. The summed E-state index contributed by atoms with van der Waals surface area (Å²) in [5.74, 6) is 0.514. The Labute approximate surface area is 134 Å². The van der Waals surface area contributed by atoms with Crippen molar-refractivity contribution in [3.8, 4) is 0 Å². The Kier molecular flexibility index (Phi) is 7.23. The number of rotatable bonds is 6. The molecule has 1 fully saturated rings. The number of aryl methyl sites for hydroxylation is 1. The first-order valence-electron chi connectivity index (χ1n) is 8.66. The largest absolute Gasteiger partial charge is 0.370 e. The maximum absolute atomic E-state index is 5.95. The van der Waals surface area contributed by atoms with Gasteiger partial charge in [0.25, 0.3) is 0 Å². The van der Waals surface area contributed by atoms with Gasteiger partial charge in [-0.15, -0.1) is 0 Å². The summed E-state index contributed by atoms with van der Waals surface area (Å²) in [5.41, 5.74) is 8.28. The van der Waals surface area contributed by atoms with Gasteiger partial charge < -0.3 is 16.0 Å². The number of hydrogen-bond donors (Lipinski definition) is 2. The maximum atomic E-state index is 5.95. The number of benzene rings is 1. The van der Waals surface area contributed by atoms with E-state index < -0.39 is 0 Å². The highest BCUT2D eigenvalue weighted by Gasteiger charge is 2.07. The Morgan fingerprint density at radius 3 is 2.45 bits per heavy atom. The van der Waals surface area contributed by atoms with Gasteiger partial charge in [0, 0.05) is 12.2 Å². The molecule has 0 unspecified atom stereocenters. The summed E-state index contributed by atoms with van der Waals surface area (Å²) >= 11 is 0. The summed E-state index contributed by atoms with van der Waals surface area (Å²) in [7, 11) is 0. The second-order valence-electron chi connectivity index (χ2n) is 6.05. The van der Waals surface area contributed by atoms with Gasteiger partial charge in [0.15, 0.2) is 5.96 Å². The molecule has 2 rings (SSSR count). The summed E-state index contributed by atoms with van der Waals surface area (Å²) in [6.07, 6.45) is 7.61. The van der Waals surface area contributed by atoms with Crippen molar-refractivity contribution in [1.82, 2.24) is 4.90 Å². The minimum atomic E-state index is 0.514. The zero-order valence-corrected chi connectivity index (χ0v) is 13.9. The predicted molar refractivity (Wildman–Crippen MR) is 95.5 cm³/mol. The van der Waals surface area contributed by atoms with Crippen LogP contribution in [0.2, 0.25) is 0 Å². The molecule has 1 aromatic rings. The summed E-state index contributed by atoms with van der Waals surface area (Å²) in [6, 6.07) is 8.35. The molecule has 1 heterocycles. The van der Waals surface area contributed by atoms with Gasteiger partial charge >= 0.3 is 0 Å². The third-order valence-corrected chi connectivity index (χ3v) is 4.25. The average Bonchev–Trinajstić information content (AvgIpc) is 2.81. The highest BCUT2D eigenvalue weighted by Crippen LogP contribution is 2.10. The SMILES string of the molecule is CCc1ccc(NC(N)=NCCCN2CCCCCC2)cc1. The van der Waals surface area contributed by atoms with Crippen molar-refractivity contribution < 1.29 is 0 Å². The number of aliphatic imine (C=N–C) groups is 1. The molecule has 0 radical (unpaired) electrons. The Bertz CT molecular complexity index is 445. The van der Waals surface area contributed by atoms with Gasteiger partial charge in [-0.3, -0.25) is 4.99 Å². The Balaban J connectivity index is 1.68. The molecule has 1 saturated heterocycles. The van der Waals surface area contributed by atoms with Crippen molar-refractivity contribution in [1.29, 1.82) is 0 Å². The van der Waals surface area contributed by atoms with Crippen LogP contribution >= 0.6 is 0 Å². The van der Waals surface area contributed by atoms with Crippen molar-refractivity contribution in [3.05, 3.63) is 29.8 Å². The van der Waals surface area contributed by atoms with Crippen LogP contribution in [0.4, 0.5) is 5.69 Å². The minimum absolute atomic E-state index is 0.514. The van der Waals surface area contributed by atoms with Crippen molar-refractivity contribution in [2.75, 3.05) is 31.5 Å². The lowest BCUT2D eigenvalue weighted by molar-refractivity contribution is 0.283. The number of guanidine groups is 1. The zero-order valence-electron chi connectivity index (χ0n) is 13.9. The lowest BCUT2D eigenvalue weighted by Gasteiger charge is -2.18. The fraction of sp³-hybridized carbons (Fsp3) is 0.611. The Morgan fingerprint density at radius 2 is 1.82 bits per heavy atom. The molecule has 22 heavy (non-hydrogen) atoms. The number of nitrogens with zero attached hydrogens (tertiary/aromatic N) is 2. The molecule has 1 aliphatic heterocycles. The molecule has 0 bridgehead atoms. The zero-order chi connectivity index (χ0) is 15.6. The molecule has 0 spiro atoms. The second-order valence-corrected chi connectivity index (χ2v) is 6.05. The van der Waals surface area contributed by atoms with E-state index >= 15 is 0 Å². The van der Waals surface area contributed by atoms with E-state index in [9.17, 15) is 0 Å². The van der Waals surface area contributed by atoms with Gasteiger partial charge in [-0.2, -0.15) is 0 Å². The molecule has 0 aliphatic carbocycles. The molecular formula is C18H30N4. The number of nitrogens with two attached hydrogens (primary N) is 1. The Morgan fingerprint density at radius 1 is 1.14 bits per heavy atom. The van der Waals surface area contributed by atoms with Crippen LogP contribution in [0, 0.1) is 0 Å². The fourth-order valence-electron chi connectivity index (χ4n) is 2.86. The highest BCUT2D eigenvalue weighted by atomic mass is 15.1. The van der Waals surface area contributed by atoms with Crippen molar-refractivity contribution in [3.63, 3.8) is 0 Å². The van der Waals surface area contributed by atoms with Crippen LogP contribution in [0.3, 0.4) is 0 Å². The smallest absolute Gasteiger partial charge is 0.193 e. The quantitative estimate of drug-likeness (QED) is 0.482. The highest BCUT2D eigenvalue weighted by molar-refractivity contribution is 5.92. The molecule has 0 saturated carbocycles. The van der Waals surface area contributed by atoms with Gasteiger partial charge in [-0.1, -0.05) is 31.9 Å². The minimum Gasteiger partial charge on any atom is -0.370 e. The molecule has 3 N–H and O–H groups in total. The first-order valence-corrected chi connectivity index (χ1v) is 8.66. The maximum Gasteiger partial charge on any atom is 0.193 e. The van der Waals surface area contributed by atoms with E-state index in [-0.39, 0.29) is 0 Å². The van der Waals surface area contributed by atoms with Crippen LogP contribution in [-0.4, -0.2) is 37.0 Å². The first kappa shape index (κ1) is 16.8. The molecule has 1 aromatic carbocycles.